The molecule has 1 atom stereocenters. The summed E-state index contributed by atoms with van der Waals surface area (Å²) in [5.41, 5.74) is 2.36. The Balaban J connectivity index is 0.00000200. The molecule has 1 heterocycles. The molecule has 0 radical (unpaired) electrons. The maximum Gasteiger partial charge on any atom is 0.123 e. The third-order valence-electron chi connectivity index (χ3n) is 3.88. The summed E-state index contributed by atoms with van der Waals surface area (Å²) in [6, 6.07) is 5.64. The molecule has 0 amide bonds. The van der Waals surface area contributed by atoms with Crippen molar-refractivity contribution in [3.8, 4) is 0 Å². The topological polar surface area (TPSA) is 15.3 Å². The molecule has 0 bridgehead atoms. The zero-order chi connectivity index (χ0) is 13.8. The van der Waals surface area contributed by atoms with E-state index in [-0.39, 0.29) is 30.6 Å². The Bertz CT molecular complexity index is 421. The van der Waals surface area contributed by atoms with E-state index >= 15 is 0 Å². The number of halogens is 3. The van der Waals surface area contributed by atoms with E-state index in [1.54, 1.807) is 12.1 Å². The number of nitrogens with zero attached hydrogens (tertiary/aromatic N) is 1. The molecule has 0 aromatic heterocycles. The summed E-state index contributed by atoms with van der Waals surface area (Å²) >= 11 is 0. The minimum absolute atomic E-state index is 0. The van der Waals surface area contributed by atoms with Gasteiger partial charge < -0.3 is 5.32 Å². The minimum atomic E-state index is -0.134. The predicted molar refractivity (Wildman–Crippen MR) is 92.3 cm³/mol. The highest BCUT2D eigenvalue weighted by Crippen LogP contribution is 2.30. The summed E-state index contributed by atoms with van der Waals surface area (Å²) < 4.78 is 13.3. The number of benzene rings is 1. The van der Waals surface area contributed by atoms with E-state index in [9.17, 15) is 4.39 Å². The summed E-state index contributed by atoms with van der Waals surface area (Å²) in [5, 5.41) is 3.40. The lowest BCUT2D eigenvalue weighted by molar-refractivity contribution is 0.153. The Labute approximate surface area is 140 Å². The van der Waals surface area contributed by atoms with Crippen LogP contribution in [-0.4, -0.2) is 31.1 Å². The molecule has 1 N–H and O–H groups in total. The molecule has 1 aromatic rings. The Hall–Kier alpha value is -0.350. The van der Waals surface area contributed by atoms with Crippen LogP contribution in [0.5, 0.6) is 0 Å². The average molecular weight is 337 g/mol. The smallest absolute Gasteiger partial charge is 0.123 e. The van der Waals surface area contributed by atoms with E-state index < -0.39 is 0 Å². The summed E-state index contributed by atoms with van der Waals surface area (Å²) in [5.74, 6) is 0.509. The molecule has 0 saturated carbocycles. The van der Waals surface area contributed by atoms with Crippen LogP contribution in [0.3, 0.4) is 0 Å². The van der Waals surface area contributed by atoms with Crippen LogP contribution in [0.15, 0.2) is 18.2 Å². The van der Waals surface area contributed by atoms with Crippen molar-refractivity contribution in [2.75, 3.05) is 26.2 Å². The molecule has 0 spiro atoms. The number of nitrogens with one attached hydrogen (secondary N) is 1. The highest BCUT2D eigenvalue weighted by atomic mass is 35.5. The second-order valence-corrected chi connectivity index (χ2v) is 5.93. The van der Waals surface area contributed by atoms with Crippen LogP contribution in [0.2, 0.25) is 0 Å². The third kappa shape index (κ3) is 5.74. The number of hydrogen-bond acceptors (Lipinski definition) is 2. The van der Waals surface area contributed by atoms with Crippen LogP contribution in [-0.2, 0) is 0 Å². The van der Waals surface area contributed by atoms with Gasteiger partial charge in [-0.05, 0) is 42.5 Å². The average Bonchev–Trinajstić information content (AvgIpc) is 2.37. The van der Waals surface area contributed by atoms with Crippen LogP contribution >= 0.6 is 24.8 Å². The van der Waals surface area contributed by atoms with E-state index in [4.69, 9.17) is 0 Å². The Kier molecular flexibility index (Phi) is 9.46. The van der Waals surface area contributed by atoms with Gasteiger partial charge in [0.05, 0.1) is 0 Å². The highest BCUT2D eigenvalue weighted by Gasteiger charge is 2.24. The van der Waals surface area contributed by atoms with Crippen LogP contribution in [0.1, 0.15) is 37.4 Å². The Morgan fingerprint density at radius 1 is 1.19 bits per heavy atom. The summed E-state index contributed by atoms with van der Waals surface area (Å²) in [6.07, 6.45) is 1.13. The highest BCUT2D eigenvalue weighted by molar-refractivity contribution is 5.85. The fourth-order valence-corrected chi connectivity index (χ4v) is 2.93. The fraction of sp³-hybridized carbons (Fsp3) is 0.625. The minimum Gasteiger partial charge on any atom is -0.314 e. The molecule has 122 valence electrons. The van der Waals surface area contributed by atoms with Crippen molar-refractivity contribution >= 4 is 24.8 Å². The van der Waals surface area contributed by atoms with Gasteiger partial charge in [-0.1, -0.05) is 19.9 Å². The molecule has 1 aliphatic rings. The molecule has 1 fully saturated rings. The molecule has 1 aliphatic heterocycles. The quantitative estimate of drug-likeness (QED) is 0.894. The first-order valence-electron chi connectivity index (χ1n) is 7.28. The van der Waals surface area contributed by atoms with Crippen LogP contribution < -0.4 is 5.32 Å². The van der Waals surface area contributed by atoms with Crippen LogP contribution in [0.4, 0.5) is 4.39 Å². The number of aryl methyl sites for hydroxylation is 1. The fourth-order valence-electron chi connectivity index (χ4n) is 2.93. The second-order valence-electron chi connectivity index (χ2n) is 5.93. The lowest BCUT2D eigenvalue weighted by atomic mass is 9.92. The van der Waals surface area contributed by atoms with E-state index in [1.807, 2.05) is 13.0 Å². The molecular weight excluding hydrogens is 310 g/mol. The van der Waals surface area contributed by atoms with Gasteiger partial charge in [0.25, 0.3) is 0 Å². The van der Waals surface area contributed by atoms with Crippen molar-refractivity contribution in [1.82, 2.24) is 10.2 Å². The number of hydrogen-bond donors (Lipinski definition) is 1. The first-order valence-corrected chi connectivity index (χ1v) is 7.28. The van der Waals surface area contributed by atoms with E-state index in [1.165, 1.54) is 5.56 Å². The van der Waals surface area contributed by atoms with E-state index in [0.29, 0.717) is 12.0 Å². The molecule has 5 heteroatoms. The van der Waals surface area contributed by atoms with E-state index in [2.05, 4.69) is 24.1 Å². The van der Waals surface area contributed by atoms with Crippen molar-refractivity contribution in [1.29, 1.82) is 0 Å². The molecule has 0 unspecified atom stereocenters. The van der Waals surface area contributed by atoms with Crippen molar-refractivity contribution in [2.24, 2.45) is 5.92 Å². The van der Waals surface area contributed by atoms with Gasteiger partial charge in [0.15, 0.2) is 0 Å². The van der Waals surface area contributed by atoms with Crippen molar-refractivity contribution in [3.05, 3.63) is 35.1 Å². The maximum absolute atomic E-state index is 13.3. The van der Waals surface area contributed by atoms with Crippen molar-refractivity contribution in [2.45, 2.75) is 33.2 Å². The zero-order valence-corrected chi connectivity index (χ0v) is 14.7. The monoisotopic (exact) mass is 336 g/mol. The zero-order valence-electron chi connectivity index (χ0n) is 13.1. The molecule has 1 aromatic carbocycles. The number of rotatable bonds is 4. The van der Waals surface area contributed by atoms with Gasteiger partial charge >= 0.3 is 0 Å². The van der Waals surface area contributed by atoms with Crippen molar-refractivity contribution in [3.63, 3.8) is 0 Å². The van der Waals surface area contributed by atoms with Crippen molar-refractivity contribution < 1.29 is 4.39 Å². The van der Waals surface area contributed by atoms with Gasteiger partial charge in [0.1, 0.15) is 5.82 Å². The van der Waals surface area contributed by atoms with Gasteiger partial charge in [-0.3, -0.25) is 4.90 Å². The summed E-state index contributed by atoms with van der Waals surface area (Å²) in [4.78, 5) is 2.54. The second kappa shape index (κ2) is 9.62. The predicted octanol–water partition coefficient (Wildman–Crippen LogP) is 3.97. The lowest BCUT2D eigenvalue weighted by Crippen LogP contribution is -2.45. The van der Waals surface area contributed by atoms with Crippen LogP contribution in [0, 0.1) is 18.7 Å². The standard InChI is InChI=1S/C16H25FN2.2ClH/c1-12(2)10-16(19-8-6-18-7-9-19)15-5-4-14(17)11-13(15)3;;/h4-5,11-12,16,18H,6-10H2,1-3H3;2*1H/t16-;;/m1../s1. The first-order chi connectivity index (χ1) is 9.08. The lowest BCUT2D eigenvalue weighted by Gasteiger charge is -2.37. The largest absolute Gasteiger partial charge is 0.314 e. The summed E-state index contributed by atoms with van der Waals surface area (Å²) in [7, 11) is 0. The maximum atomic E-state index is 13.3. The molecule has 1 saturated heterocycles. The van der Waals surface area contributed by atoms with Gasteiger partial charge in [-0.25, -0.2) is 4.39 Å². The Morgan fingerprint density at radius 3 is 2.33 bits per heavy atom. The SMILES string of the molecule is Cc1cc(F)ccc1[C@@H](CC(C)C)N1CCNCC1.Cl.Cl. The molecule has 21 heavy (non-hydrogen) atoms. The first kappa shape index (κ1) is 20.6. The van der Waals surface area contributed by atoms with Gasteiger partial charge in [0, 0.05) is 32.2 Å². The Morgan fingerprint density at radius 2 is 1.81 bits per heavy atom. The van der Waals surface area contributed by atoms with Gasteiger partial charge in [-0.15, -0.1) is 24.8 Å². The normalized spacial score (nSPS) is 17.0. The van der Waals surface area contributed by atoms with Gasteiger partial charge in [0.2, 0.25) is 0 Å². The van der Waals surface area contributed by atoms with E-state index in [0.717, 1.165) is 38.2 Å². The van der Waals surface area contributed by atoms with Gasteiger partial charge in [-0.2, -0.15) is 0 Å². The molecule has 2 nitrogen and oxygen atoms in total. The third-order valence-corrected chi connectivity index (χ3v) is 3.88. The molecule has 2 rings (SSSR count). The van der Waals surface area contributed by atoms with Crippen LogP contribution in [0.25, 0.3) is 0 Å². The number of piperazine rings is 1. The molecular formula is C16H27Cl2FN2. The molecule has 0 aliphatic carbocycles. The summed E-state index contributed by atoms with van der Waals surface area (Å²) in [6.45, 7) is 10.8.